The maximum Gasteiger partial charge on any atom is 0.0527 e. The van der Waals surface area contributed by atoms with Gasteiger partial charge in [0, 0.05) is 10.3 Å². The molecule has 0 spiro atoms. The highest BCUT2D eigenvalue weighted by Crippen LogP contribution is 2.43. The number of aliphatic hydroxyl groups is 1. The van der Waals surface area contributed by atoms with Crippen molar-refractivity contribution >= 4 is 11.8 Å². The summed E-state index contributed by atoms with van der Waals surface area (Å²) in [7, 11) is 0. The molecule has 14 heavy (non-hydrogen) atoms. The maximum atomic E-state index is 9.45. The Morgan fingerprint density at radius 2 is 2.21 bits per heavy atom. The predicted octanol–water partition coefficient (Wildman–Crippen LogP) is 2.82. The zero-order chi connectivity index (χ0) is 10.0. The lowest BCUT2D eigenvalue weighted by atomic mass is 9.65. The minimum Gasteiger partial charge on any atom is -0.395 e. The minimum absolute atomic E-state index is 0.0890. The summed E-state index contributed by atoms with van der Waals surface area (Å²) in [5, 5.41) is 9.45. The van der Waals surface area contributed by atoms with Crippen molar-refractivity contribution in [2.45, 2.75) is 29.6 Å². The lowest BCUT2D eigenvalue weighted by Gasteiger charge is -2.41. The Morgan fingerprint density at radius 3 is 2.71 bits per heavy atom. The first-order valence-corrected chi connectivity index (χ1v) is 6.29. The largest absolute Gasteiger partial charge is 0.395 e. The zero-order valence-corrected chi connectivity index (χ0v) is 9.31. The fraction of sp³-hybridized carbons (Fsp3) is 0.500. The summed E-state index contributed by atoms with van der Waals surface area (Å²) in [6.07, 6.45) is 5.62. The number of aliphatic hydroxyl groups excluding tert-OH is 1. The average molecular weight is 208 g/mol. The first-order valence-electron chi connectivity index (χ1n) is 5.06. The highest BCUT2D eigenvalue weighted by atomic mass is 32.2. The molecule has 1 aromatic carbocycles. The van der Waals surface area contributed by atoms with Gasteiger partial charge in [0.05, 0.1) is 6.61 Å². The molecule has 1 saturated carbocycles. The molecule has 1 nitrogen and oxygen atoms in total. The molecule has 1 N–H and O–H groups in total. The normalized spacial score (nSPS) is 19.0. The van der Waals surface area contributed by atoms with Gasteiger partial charge in [0.15, 0.2) is 0 Å². The molecule has 0 aliphatic heterocycles. The minimum atomic E-state index is 0.0890. The van der Waals surface area contributed by atoms with E-state index in [0.717, 1.165) is 12.8 Å². The topological polar surface area (TPSA) is 20.2 Å². The second-order valence-corrected chi connectivity index (χ2v) is 4.90. The summed E-state index contributed by atoms with van der Waals surface area (Å²) in [4.78, 5) is 1.29. The van der Waals surface area contributed by atoms with Crippen molar-refractivity contribution in [3.63, 3.8) is 0 Å². The fourth-order valence-corrected chi connectivity index (χ4v) is 2.55. The third-order valence-electron chi connectivity index (χ3n) is 3.30. The van der Waals surface area contributed by atoms with Gasteiger partial charge in [0.2, 0.25) is 0 Å². The van der Waals surface area contributed by atoms with Crippen LogP contribution in [0.15, 0.2) is 29.2 Å². The SMILES string of the molecule is CSc1cccc(C2(CO)CCC2)c1. The van der Waals surface area contributed by atoms with Crippen LogP contribution in [-0.4, -0.2) is 18.0 Å². The molecule has 2 heteroatoms. The quantitative estimate of drug-likeness (QED) is 0.771. The number of hydrogen-bond acceptors (Lipinski definition) is 2. The van der Waals surface area contributed by atoms with Crippen LogP contribution in [0, 0.1) is 0 Å². The molecule has 0 radical (unpaired) electrons. The molecule has 0 bridgehead atoms. The fourth-order valence-electron chi connectivity index (χ4n) is 2.09. The molecule has 0 saturated heterocycles. The van der Waals surface area contributed by atoms with E-state index in [4.69, 9.17) is 0 Å². The number of benzene rings is 1. The molecule has 0 unspecified atom stereocenters. The van der Waals surface area contributed by atoms with E-state index in [1.807, 2.05) is 0 Å². The van der Waals surface area contributed by atoms with Crippen molar-refractivity contribution in [2.24, 2.45) is 0 Å². The predicted molar refractivity (Wildman–Crippen MR) is 60.8 cm³/mol. The van der Waals surface area contributed by atoms with Gasteiger partial charge in [-0.1, -0.05) is 18.6 Å². The van der Waals surface area contributed by atoms with Crippen molar-refractivity contribution in [3.05, 3.63) is 29.8 Å². The van der Waals surface area contributed by atoms with Gasteiger partial charge in [0.1, 0.15) is 0 Å². The molecular formula is C12H16OS. The Labute approximate surface area is 89.5 Å². The van der Waals surface area contributed by atoms with Crippen LogP contribution in [0.25, 0.3) is 0 Å². The lowest BCUT2D eigenvalue weighted by Crippen LogP contribution is -2.37. The van der Waals surface area contributed by atoms with Gasteiger partial charge in [0.25, 0.3) is 0 Å². The molecule has 1 aliphatic carbocycles. The summed E-state index contributed by atoms with van der Waals surface area (Å²) in [5.41, 5.74) is 1.41. The molecule has 1 aliphatic rings. The Bertz CT molecular complexity index is 312. The Hall–Kier alpha value is -0.470. The standard InChI is InChI=1S/C12H16OS/c1-14-11-5-2-4-10(8-11)12(9-13)6-3-7-12/h2,4-5,8,13H,3,6-7,9H2,1H3. The van der Waals surface area contributed by atoms with Crippen molar-refractivity contribution in [2.75, 3.05) is 12.9 Å². The Balaban J connectivity index is 2.30. The van der Waals surface area contributed by atoms with Gasteiger partial charge in [-0.05, 0) is 36.8 Å². The van der Waals surface area contributed by atoms with Crippen LogP contribution in [0.4, 0.5) is 0 Å². The van der Waals surface area contributed by atoms with E-state index in [0.29, 0.717) is 6.61 Å². The van der Waals surface area contributed by atoms with Gasteiger partial charge in [-0.2, -0.15) is 0 Å². The van der Waals surface area contributed by atoms with Crippen LogP contribution in [-0.2, 0) is 5.41 Å². The van der Waals surface area contributed by atoms with Crippen LogP contribution >= 0.6 is 11.8 Å². The third-order valence-corrected chi connectivity index (χ3v) is 4.02. The number of thioether (sulfide) groups is 1. The first-order chi connectivity index (χ1) is 6.80. The highest BCUT2D eigenvalue weighted by Gasteiger charge is 2.37. The van der Waals surface area contributed by atoms with Gasteiger partial charge in [-0.3, -0.25) is 0 Å². The third kappa shape index (κ3) is 1.57. The molecule has 0 amide bonds. The molecule has 1 aromatic rings. The van der Waals surface area contributed by atoms with E-state index in [9.17, 15) is 5.11 Å². The lowest BCUT2D eigenvalue weighted by molar-refractivity contribution is 0.120. The molecule has 0 heterocycles. The first kappa shape index (κ1) is 10.1. The Kier molecular flexibility index (Phi) is 2.84. The zero-order valence-electron chi connectivity index (χ0n) is 8.49. The molecule has 0 aromatic heterocycles. The van der Waals surface area contributed by atoms with E-state index in [2.05, 4.69) is 30.5 Å². The van der Waals surface area contributed by atoms with E-state index in [1.54, 1.807) is 11.8 Å². The van der Waals surface area contributed by atoms with Gasteiger partial charge >= 0.3 is 0 Å². The van der Waals surface area contributed by atoms with Crippen molar-refractivity contribution < 1.29 is 5.11 Å². The summed E-state index contributed by atoms with van der Waals surface area (Å²) in [5.74, 6) is 0. The summed E-state index contributed by atoms with van der Waals surface area (Å²) in [6.45, 7) is 0.296. The second kappa shape index (κ2) is 3.95. The average Bonchev–Trinajstić information content (AvgIpc) is 2.18. The van der Waals surface area contributed by atoms with Crippen molar-refractivity contribution in [1.82, 2.24) is 0 Å². The number of rotatable bonds is 3. The van der Waals surface area contributed by atoms with Crippen LogP contribution in [0.3, 0.4) is 0 Å². The monoisotopic (exact) mass is 208 g/mol. The Morgan fingerprint density at radius 1 is 1.43 bits per heavy atom. The van der Waals surface area contributed by atoms with Crippen LogP contribution < -0.4 is 0 Å². The van der Waals surface area contributed by atoms with Gasteiger partial charge < -0.3 is 5.11 Å². The molecule has 2 rings (SSSR count). The smallest absolute Gasteiger partial charge is 0.0527 e. The van der Waals surface area contributed by atoms with Crippen LogP contribution in [0.1, 0.15) is 24.8 Å². The number of hydrogen-bond donors (Lipinski definition) is 1. The molecule has 0 atom stereocenters. The van der Waals surface area contributed by atoms with Gasteiger partial charge in [-0.15, -0.1) is 11.8 Å². The van der Waals surface area contributed by atoms with Crippen molar-refractivity contribution in [1.29, 1.82) is 0 Å². The summed E-state index contributed by atoms with van der Waals surface area (Å²) < 4.78 is 0. The highest BCUT2D eigenvalue weighted by molar-refractivity contribution is 7.98. The molecule has 1 fully saturated rings. The molecular weight excluding hydrogens is 192 g/mol. The van der Waals surface area contributed by atoms with E-state index >= 15 is 0 Å². The van der Waals surface area contributed by atoms with Crippen LogP contribution in [0.2, 0.25) is 0 Å². The van der Waals surface area contributed by atoms with E-state index in [-0.39, 0.29) is 5.41 Å². The van der Waals surface area contributed by atoms with E-state index < -0.39 is 0 Å². The van der Waals surface area contributed by atoms with Gasteiger partial charge in [-0.25, -0.2) is 0 Å². The summed E-state index contributed by atoms with van der Waals surface area (Å²) >= 11 is 1.76. The summed E-state index contributed by atoms with van der Waals surface area (Å²) in [6, 6.07) is 8.59. The van der Waals surface area contributed by atoms with Crippen LogP contribution in [0.5, 0.6) is 0 Å². The van der Waals surface area contributed by atoms with Crippen molar-refractivity contribution in [3.8, 4) is 0 Å². The maximum absolute atomic E-state index is 9.45. The second-order valence-electron chi connectivity index (χ2n) is 4.02. The van der Waals surface area contributed by atoms with E-state index in [1.165, 1.54) is 16.9 Å². The molecule has 76 valence electrons.